The van der Waals surface area contributed by atoms with Gasteiger partial charge in [0.05, 0.1) is 49.2 Å². The molecule has 2 aliphatic heterocycles. The van der Waals surface area contributed by atoms with E-state index in [1.165, 1.54) is 14.2 Å². The number of nitrogens with zero attached hydrogens (tertiary/aromatic N) is 2. The molecule has 4 N–H and O–H groups in total. The van der Waals surface area contributed by atoms with Crippen LogP contribution in [0.25, 0.3) is 44.4 Å². The number of allylic oxidation sites excluding steroid dienone is 4. The molecule has 0 aliphatic carbocycles. The van der Waals surface area contributed by atoms with Crippen LogP contribution in [0.15, 0.2) is 24.3 Å². The van der Waals surface area contributed by atoms with E-state index in [-0.39, 0.29) is 24.8 Å². The lowest BCUT2D eigenvalue weighted by Crippen LogP contribution is -2.01. The van der Waals surface area contributed by atoms with Crippen molar-refractivity contribution in [2.45, 2.75) is 79.4 Å². The number of hydrogen-bond donors (Lipinski definition) is 4. The summed E-state index contributed by atoms with van der Waals surface area (Å²) >= 11 is 0. The van der Waals surface area contributed by atoms with E-state index in [4.69, 9.17) is 19.4 Å². The van der Waals surface area contributed by atoms with Crippen LogP contribution in [0.4, 0.5) is 0 Å². The Morgan fingerprint density at radius 2 is 1.04 bits per heavy atom. The number of carbonyl (C=O) groups is 2. The van der Waals surface area contributed by atoms with Gasteiger partial charge in [-0.05, 0) is 112 Å². The summed E-state index contributed by atoms with van der Waals surface area (Å²) in [4.78, 5) is 41.4. The minimum Gasteiger partial charge on any atom is -0.469 e. The molecular formula is C36H42N4O6. The van der Waals surface area contributed by atoms with Gasteiger partial charge in [-0.25, -0.2) is 9.97 Å². The van der Waals surface area contributed by atoms with Crippen molar-refractivity contribution >= 4 is 56.3 Å². The summed E-state index contributed by atoms with van der Waals surface area (Å²) in [6.45, 7) is 11.4. The van der Waals surface area contributed by atoms with Crippen LogP contribution < -0.4 is 0 Å². The summed E-state index contributed by atoms with van der Waals surface area (Å²) in [6.07, 6.45) is -0.289. The van der Waals surface area contributed by atoms with E-state index in [1.54, 1.807) is 13.8 Å². The fraction of sp³-hybridized carbons (Fsp3) is 0.389. The van der Waals surface area contributed by atoms with E-state index < -0.39 is 12.2 Å². The Morgan fingerprint density at radius 1 is 0.652 bits per heavy atom. The maximum Gasteiger partial charge on any atom is 0.305 e. The molecule has 0 amide bonds. The highest BCUT2D eigenvalue weighted by Gasteiger charge is 2.24. The van der Waals surface area contributed by atoms with E-state index in [0.29, 0.717) is 29.9 Å². The van der Waals surface area contributed by atoms with E-state index >= 15 is 0 Å². The number of hydrogen-bond acceptors (Lipinski definition) is 8. The number of aliphatic hydroxyl groups excluding tert-OH is 2. The predicted molar refractivity (Wildman–Crippen MR) is 179 cm³/mol. The Labute approximate surface area is 268 Å². The van der Waals surface area contributed by atoms with Gasteiger partial charge in [-0.1, -0.05) is 0 Å². The minimum absolute atomic E-state index is 0.185. The maximum atomic E-state index is 12.2. The highest BCUT2D eigenvalue weighted by atomic mass is 16.5. The summed E-state index contributed by atoms with van der Waals surface area (Å²) in [7, 11) is 2.75. The normalized spacial score (nSPS) is 14.5. The maximum absolute atomic E-state index is 12.2. The second kappa shape index (κ2) is 13.1. The van der Waals surface area contributed by atoms with Crippen LogP contribution >= 0.6 is 0 Å². The summed E-state index contributed by atoms with van der Waals surface area (Å²) in [6, 6.07) is 7.77. The lowest BCUT2D eigenvalue weighted by molar-refractivity contribution is -0.141. The van der Waals surface area contributed by atoms with E-state index in [1.807, 2.05) is 52.0 Å². The number of aliphatic hydroxyl groups is 2. The third kappa shape index (κ3) is 6.15. The number of methoxy groups -OCH3 is 2. The average Bonchev–Trinajstić information content (AvgIpc) is 3.67. The number of carbonyl (C=O) groups excluding carboxylic acids is 2. The fourth-order valence-corrected chi connectivity index (χ4v) is 6.51. The molecule has 0 unspecified atom stereocenters. The van der Waals surface area contributed by atoms with Gasteiger partial charge in [0.2, 0.25) is 0 Å². The van der Waals surface area contributed by atoms with Crippen molar-refractivity contribution < 1.29 is 29.3 Å². The lowest BCUT2D eigenvalue weighted by Gasteiger charge is -2.06. The summed E-state index contributed by atoms with van der Waals surface area (Å²) < 4.78 is 9.86. The van der Waals surface area contributed by atoms with Gasteiger partial charge in [-0.2, -0.15) is 0 Å². The molecule has 2 atom stereocenters. The van der Waals surface area contributed by atoms with Crippen molar-refractivity contribution in [3.8, 4) is 0 Å². The quantitative estimate of drug-likeness (QED) is 0.199. The lowest BCUT2D eigenvalue weighted by atomic mass is 9.98. The molecule has 0 saturated heterocycles. The number of aromatic amines is 2. The van der Waals surface area contributed by atoms with Gasteiger partial charge in [-0.15, -0.1) is 0 Å². The number of ether oxygens (including phenoxy) is 2. The number of nitrogens with one attached hydrogen (secondary N) is 2. The van der Waals surface area contributed by atoms with Crippen molar-refractivity contribution in [1.29, 1.82) is 0 Å². The average molecular weight is 627 g/mol. The van der Waals surface area contributed by atoms with Gasteiger partial charge in [0.1, 0.15) is 0 Å². The van der Waals surface area contributed by atoms with Crippen LogP contribution in [0, 0.1) is 13.8 Å². The SMILES string of the molecule is COC(=O)CCC1=C(C)c2cc3[nH]c(cc4[nH]c(cc5nc(cc1n2)C(CCC(=O)OC)=C5C)c([C@H](C)O)c4C)c([C@H](C)O)c3C. The molecule has 0 saturated carbocycles. The molecule has 5 heterocycles. The summed E-state index contributed by atoms with van der Waals surface area (Å²) in [5.41, 5.74) is 12.7. The van der Waals surface area contributed by atoms with Crippen molar-refractivity contribution in [3.63, 3.8) is 0 Å². The van der Waals surface area contributed by atoms with Crippen LogP contribution in [0.3, 0.4) is 0 Å². The van der Waals surface area contributed by atoms with Gasteiger partial charge < -0.3 is 29.7 Å². The molecule has 0 aromatic carbocycles. The number of aromatic nitrogens is 4. The van der Waals surface area contributed by atoms with Crippen molar-refractivity contribution in [1.82, 2.24) is 19.9 Å². The van der Waals surface area contributed by atoms with Crippen LogP contribution in [-0.4, -0.2) is 56.3 Å². The van der Waals surface area contributed by atoms with E-state index in [9.17, 15) is 19.8 Å². The number of aryl methyl sites for hydroxylation is 2. The Kier molecular flexibility index (Phi) is 9.32. The van der Waals surface area contributed by atoms with E-state index in [0.717, 1.165) is 72.3 Å². The monoisotopic (exact) mass is 626 g/mol. The number of fused-ring (bicyclic) bond motifs is 8. The molecular weight excluding hydrogens is 584 g/mol. The second-order valence-corrected chi connectivity index (χ2v) is 12.0. The molecule has 242 valence electrons. The van der Waals surface area contributed by atoms with Crippen molar-refractivity contribution in [3.05, 3.63) is 69.3 Å². The zero-order valence-electron chi connectivity index (χ0n) is 27.7. The molecule has 46 heavy (non-hydrogen) atoms. The molecule has 0 fully saturated rings. The van der Waals surface area contributed by atoms with Crippen LogP contribution in [0.2, 0.25) is 0 Å². The second-order valence-electron chi connectivity index (χ2n) is 12.0. The van der Waals surface area contributed by atoms with Gasteiger partial charge in [0.25, 0.3) is 0 Å². The van der Waals surface area contributed by atoms with Gasteiger partial charge in [0.15, 0.2) is 0 Å². The van der Waals surface area contributed by atoms with Crippen molar-refractivity contribution in [2.24, 2.45) is 0 Å². The first-order valence-electron chi connectivity index (χ1n) is 15.5. The highest BCUT2D eigenvalue weighted by Crippen LogP contribution is 2.39. The summed E-state index contributed by atoms with van der Waals surface area (Å²) in [5.74, 6) is -0.633. The molecule has 3 aromatic heterocycles. The predicted octanol–water partition coefficient (Wildman–Crippen LogP) is 6.81. The third-order valence-corrected chi connectivity index (χ3v) is 9.08. The fourth-order valence-electron chi connectivity index (χ4n) is 6.51. The largest absolute Gasteiger partial charge is 0.469 e. The highest BCUT2D eigenvalue weighted by molar-refractivity contribution is 5.96. The van der Waals surface area contributed by atoms with Gasteiger partial charge >= 0.3 is 11.9 Å². The van der Waals surface area contributed by atoms with Crippen LogP contribution in [0.1, 0.15) is 111 Å². The topological polar surface area (TPSA) is 150 Å². The van der Waals surface area contributed by atoms with Crippen molar-refractivity contribution in [2.75, 3.05) is 14.2 Å². The number of rotatable bonds is 8. The molecule has 2 aliphatic rings. The number of esters is 2. The summed E-state index contributed by atoms with van der Waals surface area (Å²) in [5, 5.41) is 21.7. The molecule has 0 radical (unpaired) electrons. The Hall–Kier alpha value is -4.54. The van der Waals surface area contributed by atoms with E-state index in [2.05, 4.69) is 9.97 Å². The van der Waals surface area contributed by atoms with Crippen LogP contribution in [-0.2, 0) is 19.1 Å². The van der Waals surface area contributed by atoms with Crippen LogP contribution in [0.5, 0.6) is 0 Å². The Bertz CT molecular complexity index is 1960. The first-order chi connectivity index (χ1) is 21.8. The van der Waals surface area contributed by atoms with Gasteiger partial charge in [0, 0.05) is 46.0 Å². The zero-order chi connectivity index (χ0) is 33.4. The molecule has 8 bridgehead atoms. The Balaban J connectivity index is 1.91. The standard InChI is InChI=1S/C36H42N4O6/c1-17-23(9-11-33(43)45-7)29-16-30-24(10-12-34(44)46-8)18(2)26(38-30)14-31-36(22(6)42)20(4)28(40-31)15-32-35(21(5)41)19(3)27(39-32)13-25(17)37-29/h13-16,21-22,39-42H,9-12H2,1-8H3/t21-,22-/m0/s1. The minimum atomic E-state index is -0.760. The Morgan fingerprint density at radius 3 is 1.46 bits per heavy atom. The molecule has 10 nitrogen and oxygen atoms in total. The number of H-pyrrole nitrogens is 2. The first-order valence-corrected chi connectivity index (χ1v) is 15.5. The zero-order valence-corrected chi connectivity index (χ0v) is 27.7. The smallest absolute Gasteiger partial charge is 0.305 e. The first kappa shape index (κ1) is 32.8. The molecule has 5 rings (SSSR count). The molecule has 3 aromatic rings. The molecule has 10 heteroatoms. The third-order valence-electron chi connectivity index (χ3n) is 9.08. The molecule has 0 spiro atoms. The van der Waals surface area contributed by atoms with Gasteiger partial charge in [-0.3, -0.25) is 9.59 Å².